The van der Waals surface area contributed by atoms with Gasteiger partial charge in [-0.15, -0.1) is 0 Å². The molecule has 2 saturated carbocycles. The summed E-state index contributed by atoms with van der Waals surface area (Å²) < 4.78 is 12.1. The van der Waals surface area contributed by atoms with Crippen molar-refractivity contribution >= 4 is 5.91 Å². The summed E-state index contributed by atoms with van der Waals surface area (Å²) in [7, 11) is 1.78. The third kappa shape index (κ3) is 2.86. The number of nitrogens with one attached hydrogen (secondary N) is 1. The lowest BCUT2D eigenvalue weighted by Crippen LogP contribution is -2.53. The second kappa shape index (κ2) is 6.15. The predicted octanol–water partition coefficient (Wildman–Crippen LogP) is 2.30. The smallest absolute Gasteiger partial charge is 0.289 e. The van der Waals surface area contributed by atoms with E-state index in [0.29, 0.717) is 5.82 Å². The van der Waals surface area contributed by atoms with Crippen LogP contribution in [0, 0.1) is 12.8 Å². The SMILES string of the molecule is CO[C@@]12CC[C@H](OCC3CC3)C[C@@H]1N(C(=O)c1ncc(C)[nH]1)CC2. The molecule has 1 aromatic rings. The fourth-order valence-electron chi connectivity index (χ4n) is 4.27. The van der Waals surface area contributed by atoms with Crippen molar-refractivity contribution in [3.8, 4) is 0 Å². The van der Waals surface area contributed by atoms with Crippen molar-refractivity contribution in [2.45, 2.75) is 63.2 Å². The summed E-state index contributed by atoms with van der Waals surface area (Å²) in [6.45, 7) is 3.52. The highest BCUT2D eigenvalue weighted by atomic mass is 16.5. The Balaban J connectivity index is 1.49. The number of amides is 1. The van der Waals surface area contributed by atoms with Crippen molar-refractivity contribution in [3.63, 3.8) is 0 Å². The molecule has 1 aliphatic heterocycles. The van der Waals surface area contributed by atoms with Gasteiger partial charge in [-0.2, -0.15) is 0 Å². The van der Waals surface area contributed by atoms with Crippen LogP contribution in [0.25, 0.3) is 0 Å². The van der Waals surface area contributed by atoms with E-state index in [4.69, 9.17) is 9.47 Å². The Morgan fingerprint density at radius 1 is 1.42 bits per heavy atom. The number of likely N-dealkylation sites (tertiary alicyclic amines) is 1. The number of hydrogen-bond acceptors (Lipinski definition) is 4. The van der Waals surface area contributed by atoms with Crippen molar-refractivity contribution in [1.82, 2.24) is 14.9 Å². The van der Waals surface area contributed by atoms with E-state index in [9.17, 15) is 4.79 Å². The fraction of sp³-hybridized carbons (Fsp3) is 0.778. The molecule has 3 aliphatic rings. The van der Waals surface area contributed by atoms with Gasteiger partial charge in [-0.25, -0.2) is 4.98 Å². The number of ether oxygens (including phenoxy) is 2. The average Bonchev–Trinajstić information content (AvgIpc) is 3.20. The fourth-order valence-corrected chi connectivity index (χ4v) is 4.27. The van der Waals surface area contributed by atoms with Crippen LogP contribution in [0.4, 0.5) is 0 Å². The van der Waals surface area contributed by atoms with Crippen molar-refractivity contribution in [2.75, 3.05) is 20.3 Å². The maximum Gasteiger partial charge on any atom is 0.289 e. The predicted molar refractivity (Wildman–Crippen MR) is 88.8 cm³/mol. The first-order valence-electron chi connectivity index (χ1n) is 9.10. The molecule has 1 saturated heterocycles. The van der Waals surface area contributed by atoms with Crippen LogP contribution in [0.5, 0.6) is 0 Å². The van der Waals surface area contributed by atoms with E-state index in [1.807, 2.05) is 11.8 Å². The van der Waals surface area contributed by atoms with Gasteiger partial charge in [0.25, 0.3) is 5.91 Å². The summed E-state index contributed by atoms with van der Waals surface area (Å²) in [5.74, 6) is 1.18. The van der Waals surface area contributed by atoms with Gasteiger partial charge in [0, 0.05) is 32.2 Å². The number of hydrogen-bond donors (Lipinski definition) is 1. The van der Waals surface area contributed by atoms with E-state index >= 15 is 0 Å². The molecule has 6 nitrogen and oxygen atoms in total. The largest absolute Gasteiger partial charge is 0.378 e. The highest BCUT2D eigenvalue weighted by molar-refractivity contribution is 5.91. The zero-order valence-electron chi connectivity index (χ0n) is 14.6. The molecule has 132 valence electrons. The summed E-state index contributed by atoms with van der Waals surface area (Å²) in [6.07, 6.45) is 8.31. The van der Waals surface area contributed by atoms with Crippen molar-refractivity contribution in [3.05, 3.63) is 17.7 Å². The Morgan fingerprint density at radius 3 is 2.92 bits per heavy atom. The number of carbonyl (C=O) groups is 1. The molecule has 6 heteroatoms. The standard InChI is InChI=1S/C18H27N3O3/c1-12-10-19-16(20-12)17(22)21-8-7-18(23-2)6-5-14(9-15(18)21)24-11-13-3-4-13/h10,13-15H,3-9,11H2,1-2H3,(H,19,20)/t14-,15-,18+/m0/s1. The lowest BCUT2D eigenvalue weighted by Gasteiger charge is -2.43. The van der Waals surface area contributed by atoms with E-state index in [0.717, 1.165) is 50.4 Å². The van der Waals surface area contributed by atoms with E-state index in [1.54, 1.807) is 13.3 Å². The molecule has 1 amide bonds. The van der Waals surface area contributed by atoms with E-state index in [1.165, 1.54) is 12.8 Å². The van der Waals surface area contributed by atoms with Crippen LogP contribution in [-0.2, 0) is 9.47 Å². The van der Waals surface area contributed by atoms with Crippen LogP contribution < -0.4 is 0 Å². The molecule has 1 aromatic heterocycles. The summed E-state index contributed by atoms with van der Waals surface area (Å²) in [4.78, 5) is 22.1. The number of imidazole rings is 1. The number of carbonyl (C=O) groups excluding carboxylic acids is 1. The maximum atomic E-state index is 12.9. The molecule has 24 heavy (non-hydrogen) atoms. The number of H-pyrrole nitrogens is 1. The Bertz CT molecular complexity index is 612. The summed E-state index contributed by atoms with van der Waals surface area (Å²) in [5.41, 5.74) is 0.696. The second-order valence-corrected chi connectivity index (χ2v) is 7.62. The monoisotopic (exact) mass is 333 g/mol. The molecule has 0 radical (unpaired) electrons. The first-order chi connectivity index (χ1) is 11.6. The molecular formula is C18H27N3O3. The van der Waals surface area contributed by atoms with Crippen molar-refractivity contribution < 1.29 is 14.3 Å². The summed E-state index contributed by atoms with van der Waals surface area (Å²) in [6, 6.07) is 0.0818. The number of aromatic nitrogens is 2. The van der Waals surface area contributed by atoms with Crippen molar-refractivity contribution in [1.29, 1.82) is 0 Å². The quantitative estimate of drug-likeness (QED) is 0.898. The Kier molecular flexibility index (Phi) is 4.12. The number of rotatable bonds is 5. The summed E-state index contributed by atoms with van der Waals surface area (Å²) >= 11 is 0. The molecule has 3 atom stereocenters. The molecule has 0 aromatic carbocycles. The number of aryl methyl sites for hydroxylation is 1. The molecule has 2 aliphatic carbocycles. The Morgan fingerprint density at radius 2 is 2.25 bits per heavy atom. The van der Waals surface area contributed by atoms with E-state index in [2.05, 4.69) is 9.97 Å². The third-order valence-corrected chi connectivity index (χ3v) is 5.97. The van der Waals surface area contributed by atoms with E-state index in [-0.39, 0.29) is 23.7 Å². The molecular weight excluding hydrogens is 306 g/mol. The van der Waals surface area contributed by atoms with Gasteiger partial charge in [-0.05, 0) is 51.4 Å². The van der Waals surface area contributed by atoms with Gasteiger partial charge in [0.2, 0.25) is 0 Å². The van der Waals surface area contributed by atoms with Crippen molar-refractivity contribution in [2.24, 2.45) is 5.92 Å². The average molecular weight is 333 g/mol. The van der Waals surface area contributed by atoms with Gasteiger partial charge >= 0.3 is 0 Å². The molecule has 0 spiro atoms. The van der Waals surface area contributed by atoms with Gasteiger partial charge in [0.15, 0.2) is 5.82 Å². The van der Waals surface area contributed by atoms with Crippen LogP contribution >= 0.6 is 0 Å². The number of fused-ring (bicyclic) bond motifs is 1. The zero-order chi connectivity index (χ0) is 16.7. The molecule has 0 bridgehead atoms. The third-order valence-electron chi connectivity index (χ3n) is 5.97. The van der Waals surface area contributed by atoms with Crippen LogP contribution in [0.2, 0.25) is 0 Å². The first kappa shape index (κ1) is 16.1. The number of methoxy groups -OCH3 is 1. The summed E-state index contributed by atoms with van der Waals surface area (Å²) in [5, 5.41) is 0. The zero-order valence-corrected chi connectivity index (χ0v) is 14.6. The number of aromatic amines is 1. The van der Waals surface area contributed by atoms with Crippen LogP contribution in [0.3, 0.4) is 0 Å². The highest BCUT2D eigenvalue weighted by Crippen LogP contribution is 2.44. The van der Waals surface area contributed by atoms with Gasteiger partial charge in [0.1, 0.15) is 0 Å². The van der Waals surface area contributed by atoms with Gasteiger partial charge < -0.3 is 19.4 Å². The second-order valence-electron chi connectivity index (χ2n) is 7.62. The highest BCUT2D eigenvalue weighted by Gasteiger charge is 2.53. The number of nitrogens with zero attached hydrogens (tertiary/aromatic N) is 2. The normalized spacial score (nSPS) is 32.8. The van der Waals surface area contributed by atoms with Gasteiger partial charge in [0.05, 0.1) is 17.7 Å². The lowest BCUT2D eigenvalue weighted by atomic mass is 9.79. The molecule has 2 heterocycles. The lowest BCUT2D eigenvalue weighted by molar-refractivity contribution is -0.0977. The topological polar surface area (TPSA) is 67.5 Å². The molecule has 4 rings (SSSR count). The van der Waals surface area contributed by atoms with Crippen LogP contribution in [0.1, 0.15) is 54.8 Å². The van der Waals surface area contributed by atoms with Gasteiger partial charge in [-0.1, -0.05) is 0 Å². The van der Waals surface area contributed by atoms with Gasteiger partial charge in [-0.3, -0.25) is 4.79 Å². The Labute approximate surface area is 142 Å². The van der Waals surface area contributed by atoms with Crippen LogP contribution in [0.15, 0.2) is 6.20 Å². The Hall–Kier alpha value is -1.40. The minimum Gasteiger partial charge on any atom is -0.378 e. The van der Waals surface area contributed by atoms with E-state index < -0.39 is 0 Å². The molecule has 0 unspecified atom stereocenters. The molecule has 3 fully saturated rings. The first-order valence-corrected chi connectivity index (χ1v) is 9.10. The molecule has 1 N–H and O–H groups in total. The maximum absolute atomic E-state index is 12.9. The van der Waals surface area contributed by atoms with Crippen LogP contribution in [-0.4, -0.2) is 58.8 Å². The minimum absolute atomic E-state index is 0.0186. The minimum atomic E-state index is -0.212.